The Morgan fingerprint density at radius 3 is 2.70 bits per heavy atom. The molecule has 1 heteroatoms. The van der Waals surface area contributed by atoms with Gasteiger partial charge in [0, 0.05) is 5.54 Å². The average Bonchev–Trinajstić information content (AvgIpc) is 1.86. The Balaban J connectivity index is 2.40. The van der Waals surface area contributed by atoms with Crippen LogP contribution in [0.5, 0.6) is 0 Å². The Bertz CT molecular complexity index is 107. The predicted molar refractivity (Wildman–Crippen MR) is 44.8 cm³/mol. The van der Waals surface area contributed by atoms with Gasteiger partial charge in [-0.05, 0) is 25.7 Å². The Kier molecular flexibility index (Phi) is 2.35. The average molecular weight is 141 g/mol. The highest BCUT2D eigenvalue weighted by Crippen LogP contribution is 2.31. The van der Waals surface area contributed by atoms with Crippen LogP contribution in [-0.2, 0) is 0 Å². The maximum Gasteiger partial charge on any atom is 0.0128 e. The van der Waals surface area contributed by atoms with Crippen LogP contribution < -0.4 is 5.73 Å². The Labute approximate surface area is 64.0 Å². The molecule has 1 fully saturated rings. The van der Waals surface area contributed by atoms with E-state index < -0.39 is 0 Å². The van der Waals surface area contributed by atoms with Gasteiger partial charge in [-0.25, -0.2) is 0 Å². The highest BCUT2D eigenvalue weighted by Gasteiger charge is 2.26. The molecule has 0 aliphatic heterocycles. The quantitative estimate of drug-likeness (QED) is 0.595. The summed E-state index contributed by atoms with van der Waals surface area (Å²) in [6.07, 6.45) is 6.52. The van der Waals surface area contributed by atoms with E-state index in [2.05, 4.69) is 13.8 Å². The number of hydrogen-bond donors (Lipinski definition) is 1. The van der Waals surface area contributed by atoms with Gasteiger partial charge < -0.3 is 5.73 Å². The number of rotatable bonds is 1. The van der Waals surface area contributed by atoms with E-state index in [1.807, 2.05) is 0 Å². The zero-order valence-electron chi connectivity index (χ0n) is 7.19. The first-order valence-corrected chi connectivity index (χ1v) is 4.43. The highest BCUT2D eigenvalue weighted by molar-refractivity contribution is 4.85. The fraction of sp³-hybridized carbons (Fsp3) is 1.00. The van der Waals surface area contributed by atoms with Gasteiger partial charge in [0.2, 0.25) is 0 Å². The molecule has 2 N–H and O–H groups in total. The van der Waals surface area contributed by atoms with Crippen molar-refractivity contribution in [2.24, 2.45) is 11.7 Å². The summed E-state index contributed by atoms with van der Waals surface area (Å²) in [6.45, 7) is 4.46. The molecule has 0 amide bonds. The molecule has 0 saturated heterocycles. The normalized spacial score (nSPS) is 41.7. The molecule has 1 nitrogen and oxygen atoms in total. The summed E-state index contributed by atoms with van der Waals surface area (Å²) in [4.78, 5) is 0. The molecular formula is C9H19N. The van der Waals surface area contributed by atoms with Gasteiger partial charge in [-0.1, -0.05) is 26.2 Å². The van der Waals surface area contributed by atoms with E-state index in [9.17, 15) is 0 Å². The molecule has 2 atom stereocenters. The molecule has 10 heavy (non-hydrogen) atoms. The van der Waals surface area contributed by atoms with Crippen molar-refractivity contribution in [1.29, 1.82) is 0 Å². The molecule has 1 aliphatic carbocycles. The van der Waals surface area contributed by atoms with Crippen LogP contribution in [0.1, 0.15) is 46.0 Å². The summed E-state index contributed by atoms with van der Waals surface area (Å²) in [5, 5.41) is 0. The van der Waals surface area contributed by atoms with E-state index in [1.54, 1.807) is 0 Å². The first-order valence-electron chi connectivity index (χ1n) is 4.43. The summed E-state index contributed by atoms with van der Waals surface area (Å²) >= 11 is 0. The van der Waals surface area contributed by atoms with Crippen LogP contribution in [0, 0.1) is 5.92 Å². The van der Waals surface area contributed by atoms with E-state index in [1.165, 1.54) is 32.1 Å². The maximum absolute atomic E-state index is 6.04. The Hall–Kier alpha value is -0.0400. The van der Waals surface area contributed by atoms with Crippen molar-refractivity contribution in [1.82, 2.24) is 0 Å². The summed E-state index contributed by atoms with van der Waals surface area (Å²) in [5.41, 5.74) is 6.20. The van der Waals surface area contributed by atoms with Gasteiger partial charge in [0.25, 0.3) is 0 Å². The first kappa shape index (κ1) is 8.06. The lowest BCUT2D eigenvalue weighted by Crippen LogP contribution is -2.40. The van der Waals surface area contributed by atoms with Gasteiger partial charge in [-0.3, -0.25) is 0 Å². The van der Waals surface area contributed by atoms with Crippen molar-refractivity contribution in [2.45, 2.75) is 51.5 Å². The summed E-state index contributed by atoms with van der Waals surface area (Å²) < 4.78 is 0. The van der Waals surface area contributed by atoms with E-state index in [-0.39, 0.29) is 5.54 Å². The van der Waals surface area contributed by atoms with E-state index in [4.69, 9.17) is 5.73 Å². The van der Waals surface area contributed by atoms with Crippen molar-refractivity contribution >= 4 is 0 Å². The zero-order valence-corrected chi connectivity index (χ0v) is 7.19. The summed E-state index contributed by atoms with van der Waals surface area (Å²) in [6, 6.07) is 0. The molecule has 60 valence electrons. The summed E-state index contributed by atoms with van der Waals surface area (Å²) in [5.74, 6) is 0.906. The van der Waals surface area contributed by atoms with Gasteiger partial charge in [-0.15, -0.1) is 0 Å². The van der Waals surface area contributed by atoms with Crippen molar-refractivity contribution in [3.8, 4) is 0 Å². The topological polar surface area (TPSA) is 26.0 Å². The second-order valence-corrected chi connectivity index (χ2v) is 4.02. The Morgan fingerprint density at radius 1 is 1.60 bits per heavy atom. The van der Waals surface area contributed by atoms with Crippen molar-refractivity contribution in [3.63, 3.8) is 0 Å². The zero-order chi connectivity index (χ0) is 7.61. The molecule has 0 aromatic heterocycles. The van der Waals surface area contributed by atoms with Gasteiger partial charge in [0.1, 0.15) is 0 Å². The molecule has 1 saturated carbocycles. The molecule has 0 heterocycles. The van der Waals surface area contributed by atoms with Gasteiger partial charge in [0.15, 0.2) is 0 Å². The molecule has 0 radical (unpaired) electrons. The monoisotopic (exact) mass is 141 g/mol. The fourth-order valence-electron chi connectivity index (χ4n) is 2.01. The number of nitrogens with two attached hydrogens (primary N) is 1. The van der Waals surface area contributed by atoms with Crippen molar-refractivity contribution in [2.75, 3.05) is 0 Å². The van der Waals surface area contributed by atoms with E-state index >= 15 is 0 Å². The maximum atomic E-state index is 6.04. The van der Waals surface area contributed by atoms with Crippen molar-refractivity contribution in [3.05, 3.63) is 0 Å². The lowest BCUT2D eigenvalue weighted by Gasteiger charge is -2.34. The SMILES string of the molecule is CC[C@@H]1CCCC(C)(N)C1. The van der Waals surface area contributed by atoms with Gasteiger partial charge in [-0.2, -0.15) is 0 Å². The van der Waals surface area contributed by atoms with Crippen LogP contribution in [0.3, 0.4) is 0 Å². The molecule has 0 aromatic carbocycles. The minimum absolute atomic E-state index is 0.152. The van der Waals surface area contributed by atoms with Gasteiger partial charge >= 0.3 is 0 Å². The third-order valence-corrected chi connectivity index (χ3v) is 2.69. The molecule has 1 rings (SSSR count). The van der Waals surface area contributed by atoms with E-state index in [0.717, 1.165) is 5.92 Å². The minimum atomic E-state index is 0.152. The second-order valence-electron chi connectivity index (χ2n) is 4.02. The number of hydrogen-bond acceptors (Lipinski definition) is 1. The predicted octanol–water partition coefficient (Wildman–Crippen LogP) is 2.30. The second kappa shape index (κ2) is 2.91. The summed E-state index contributed by atoms with van der Waals surface area (Å²) in [7, 11) is 0. The third-order valence-electron chi connectivity index (χ3n) is 2.69. The van der Waals surface area contributed by atoms with Crippen LogP contribution in [0.2, 0.25) is 0 Å². The largest absolute Gasteiger partial charge is 0.325 e. The fourth-order valence-corrected chi connectivity index (χ4v) is 2.01. The lowest BCUT2D eigenvalue weighted by atomic mass is 9.76. The molecule has 0 bridgehead atoms. The van der Waals surface area contributed by atoms with Crippen LogP contribution >= 0.6 is 0 Å². The Morgan fingerprint density at radius 2 is 2.30 bits per heavy atom. The van der Waals surface area contributed by atoms with Crippen LogP contribution in [0.4, 0.5) is 0 Å². The highest BCUT2D eigenvalue weighted by atomic mass is 14.7. The van der Waals surface area contributed by atoms with Crippen molar-refractivity contribution < 1.29 is 0 Å². The molecule has 1 aliphatic rings. The van der Waals surface area contributed by atoms with Crippen LogP contribution in [0.25, 0.3) is 0 Å². The van der Waals surface area contributed by atoms with Gasteiger partial charge in [0.05, 0.1) is 0 Å². The lowest BCUT2D eigenvalue weighted by molar-refractivity contribution is 0.237. The van der Waals surface area contributed by atoms with E-state index in [0.29, 0.717) is 0 Å². The third kappa shape index (κ3) is 1.98. The van der Waals surface area contributed by atoms with Crippen LogP contribution in [-0.4, -0.2) is 5.54 Å². The molecule has 0 aromatic rings. The molecule has 0 spiro atoms. The smallest absolute Gasteiger partial charge is 0.0128 e. The first-order chi connectivity index (χ1) is 4.64. The van der Waals surface area contributed by atoms with Crippen LogP contribution in [0.15, 0.2) is 0 Å². The standard InChI is InChI=1S/C9H19N/c1-3-8-5-4-6-9(2,10)7-8/h8H,3-7,10H2,1-2H3/t8-,9?/m1/s1. The molecule has 1 unspecified atom stereocenters. The minimum Gasteiger partial charge on any atom is -0.325 e. The molecular weight excluding hydrogens is 122 g/mol.